The molecule has 1 aliphatic rings. The number of benzene rings is 1. The van der Waals surface area contributed by atoms with Crippen LogP contribution in [-0.4, -0.2) is 34.1 Å². The second-order valence-electron chi connectivity index (χ2n) is 9.18. The molecule has 0 spiro atoms. The molecule has 0 fully saturated rings. The van der Waals surface area contributed by atoms with Crippen LogP contribution in [0.25, 0.3) is 11.3 Å². The van der Waals surface area contributed by atoms with Gasteiger partial charge in [-0.3, -0.25) is 4.79 Å². The molecule has 1 aliphatic heterocycles. The molecule has 3 heterocycles. The monoisotopic (exact) mass is 556 g/mol. The van der Waals surface area contributed by atoms with Gasteiger partial charge in [-0.25, -0.2) is 9.97 Å². The zero-order valence-corrected chi connectivity index (χ0v) is 25.4. The number of rotatable bonds is 3. The van der Waals surface area contributed by atoms with Gasteiger partial charge in [-0.05, 0) is 43.9 Å². The van der Waals surface area contributed by atoms with E-state index in [-0.39, 0.29) is 0 Å². The first-order chi connectivity index (χ1) is 18.4. The number of aliphatic carboxylic acids is 1. The number of nitrogens with zero attached hydrogens (tertiary/aromatic N) is 3. The van der Waals surface area contributed by atoms with Gasteiger partial charge in [0.25, 0.3) is 0 Å². The lowest BCUT2D eigenvalue weighted by Crippen LogP contribution is -2.33. The zero-order valence-electron chi connectivity index (χ0n) is 23.8. The molecule has 0 aliphatic carbocycles. The first-order valence-corrected chi connectivity index (χ1v) is 15.5. The number of thiazole rings is 1. The number of carbonyl (C=O) groups is 1. The molecule has 6 nitrogen and oxygen atoms in total. The Morgan fingerprint density at radius 2 is 1.76 bits per heavy atom. The van der Waals surface area contributed by atoms with Gasteiger partial charge in [0.1, 0.15) is 10.8 Å². The molecule has 2 N–H and O–H groups in total. The van der Waals surface area contributed by atoms with Crippen LogP contribution in [0.2, 0.25) is 0 Å². The highest BCUT2D eigenvalue weighted by atomic mass is 32.2. The van der Waals surface area contributed by atoms with Crippen molar-refractivity contribution in [1.29, 1.82) is 0 Å². The SMILES string of the molecule is CC.CCC.Cc1sc2nc1-c1ccccc1CCCCCCN(CC(C)C(=O)O)c1cccc(n1)SN2. The van der Waals surface area contributed by atoms with Crippen LogP contribution in [0.15, 0.2) is 47.5 Å². The summed E-state index contributed by atoms with van der Waals surface area (Å²) >= 11 is 3.09. The average molecular weight is 557 g/mol. The molecule has 0 saturated carbocycles. The van der Waals surface area contributed by atoms with Crippen LogP contribution < -0.4 is 9.62 Å². The molecule has 4 rings (SSSR count). The van der Waals surface area contributed by atoms with Crippen molar-refractivity contribution in [2.45, 2.75) is 85.1 Å². The van der Waals surface area contributed by atoms with E-state index < -0.39 is 11.9 Å². The van der Waals surface area contributed by atoms with Gasteiger partial charge in [0.2, 0.25) is 0 Å². The predicted molar refractivity (Wildman–Crippen MR) is 165 cm³/mol. The lowest BCUT2D eigenvalue weighted by atomic mass is 9.98. The third kappa shape index (κ3) is 9.62. The van der Waals surface area contributed by atoms with Crippen LogP contribution in [-0.2, 0) is 11.2 Å². The fourth-order valence-corrected chi connectivity index (χ4v) is 5.57. The average Bonchev–Trinajstić information content (AvgIpc) is 3.30. The third-order valence-electron chi connectivity index (χ3n) is 5.88. The van der Waals surface area contributed by atoms with E-state index >= 15 is 0 Å². The minimum atomic E-state index is -0.779. The normalized spacial score (nSPS) is 14.3. The Bertz CT molecular complexity index is 1120. The Balaban J connectivity index is 0.000000947. The van der Waals surface area contributed by atoms with Crippen LogP contribution in [0, 0.1) is 12.8 Å². The van der Waals surface area contributed by atoms with Gasteiger partial charge in [0, 0.05) is 35.5 Å². The maximum Gasteiger partial charge on any atom is 0.308 e. The van der Waals surface area contributed by atoms with Gasteiger partial charge >= 0.3 is 5.97 Å². The van der Waals surface area contributed by atoms with Crippen molar-refractivity contribution in [1.82, 2.24) is 9.97 Å². The molecule has 38 heavy (non-hydrogen) atoms. The van der Waals surface area contributed by atoms with Crippen LogP contribution >= 0.6 is 23.3 Å². The topological polar surface area (TPSA) is 78.4 Å². The van der Waals surface area contributed by atoms with Gasteiger partial charge < -0.3 is 14.7 Å². The Morgan fingerprint density at radius 1 is 1.05 bits per heavy atom. The minimum Gasteiger partial charge on any atom is -0.481 e. The van der Waals surface area contributed by atoms with Crippen molar-refractivity contribution in [3.05, 3.63) is 52.9 Å². The third-order valence-corrected chi connectivity index (χ3v) is 7.63. The van der Waals surface area contributed by atoms with E-state index in [4.69, 9.17) is 9.97 Å². The summed E-state index contributed by atoms with van der Waals surface area (Å²) in [6, 6.07) is 14.5. The lowest BCUT2D eigenvalue weighted by molar-refractivity contribution is -0.140. The lowest BCUT2D eigenvalue weighted by Gasteiger charge is -2.26. The number of pyridine rings is 1. The summed E-state index contributed by atoms with van der Waals surface area (Å²) in [6.45, 7) is 13.4. The maximum absolute atomic E-state index is 11.5. The second kappa shape index (κ2) is 17.1. The molecular weight excluding hydrogens is 512 g/mol. The highest BCUT2D eigenvalue weighted by Gasteiger charge is 2.18. The van der Waals surface area contributed by atoms with E-state index in [2.05, 4.69) is 54.7 Å². The Kier molecular flexibility index (Phi) is 14.2. The number of aromatic nitrogens is 2. The minimum absolute atomic E-state index is 0.451. The number of aryl methyl sites for hydroxylation is 2. The number of carboxylic acid groups (broad SMARTS) is 1. The van der Waals surface area contributed by atoms with E-state index in [1.807, 2.05) is 32.0 Å². The van der Waals surface area contributed by atoms with Crippen molar-refractivity contribution in [3.8, 4) is 11.3 Å². The molecule has 1 atom stereocenters. The fraction of sp³-hybridized carbons (Fsp3) is 0.500. The molecule has 1 unspecified atom stereocenters. The number of fused-ring (bicyclic) bond motifs is 6. The first kappa shape index (κ1) is 31.6. The molecule has 3 aromatic rings. The van der Waals surface area contributed by atoms with Gasteiger partial charge in [0.15, 0.2) is 5.13 Å². The van der Waals surface area contributed by atoms with Crippen LogP contribution in [0.4, 0.5) is 10.9 Å². The summed E-state index contributed by atoms with van der Waals surface area (Å²) in [6.07, 6.45) is 6.67. The van der Waals surface area contributed by atoms with E-state index in [9.17, 15) is 9.90 Å². The number of hydrogen-bond donors (Lipinski definition) is 2. The smallest absolute Gasteiger partial charge is 0.308 e. The Hall–Kier alpha value is -2.58. The molecule has 1 aromatic carbocycles. The molecule has 4 bridgehead atoms. The van der Waals surface area contributed by atoms with Gasteiger partial charge in [0.05, 0.1) is 11.6 Å². The summed E-state index contributed by atoms with van der Waals surface area (Å²) in [4.78, 5) is 24.5. The summed E-state index contributed by atoms with van der Waals surface area (Å²) in [7, 11) is 0. The van der Waals surface area contributed by atoms with Gasteiger partial charge in [-0.2, -0.15) is 0 Å². The predicted octanol–water partition coefficient (Wildman–Crippen LogP) is 8.72. The van der Waals surface area contributed by atoms with E-state index in [1.165, 1.54) is 34.4 Å². The van der Waals surface area contributed by atoms with E-state index in [0.29, 0.717) is 6.54 Å². The first-order valence-electron chi connectivity index (χ1n) is 13.9. The number of carboxylic acids is 1. The fourth-order valence-electron chi connectivity index (χ4n) is 4.07. The highest BCUT2D eigenvalue weighted by molar-refractivity contribution is 8.00. The van der Waals surface area contributed by atoms with Gasteiger partial charge in [-0.1, -0.05) is 84.2 Å². The Morgan fingerprint density at radius 3 is 2.50 bits per heavy atom. The second-order valence-corrected chi connectivity index (χ2v) is 11.2. The van der Waals surface area contributed by atoms with Crippen molar-refractivity contribution in [2.75, 3.05) is 22.7 Å². The van der Waals surface area contributed by atoms with Crippen LogP contribution in [0.1, 0.15) is 77.2 Å². The van der Waals surface area contributed by atoms with E-state index in [1.54, 1.807) is 18.3 Å². The zero-order chi connectivity index (χ0) is 27.9. The summed E-state index contributed by atoms with van der Waals surface area (Å²) in [5.41, 5.74) is 3.63. The summed E-state index contributed by atoms with van der Waals surface area (Å²) in [5, 5.41) is 11.1. The van der Waals surface area contributed by atoms with E-state index in [0.717, 1.165) is 60.3 Å². The molecule has 0 saturated heterocycles. The standard InChI is InChI=1S/C25H30N4O2S2.C3H8.C2H6/c1-17(24(30)31)16-29-15-8-4-3-5-10-19-11-6-7-12-20(19)23-18(2)32-25(27-23)28-33-22-14-9-13-21(29)26-22;1-3-2;1-2/h6-7,9,11-14,17H,3-5,8,10,15-16H2,1-2H3,(H,27,28)(H,30,31);3H2,1-2H3;1-2H3. The van der Waals surface area contributed by atoms with Crippen molar-refractivity contribution in [3.63, 3.8) is 0 Å². The maximum atomic E-state index is 11.5. The molecule has 0 radical (unpaired) electrons. The van der Waals surface area contributed by atoms with Crippen molar-refractivity contribution < 1.29 is 9.90 Å². The summed E-state index contributed by atoms with van der Waals surface area (Å²) in [5.74, 6) is -0.412. The molecule has 208 valence electrons. The van der Waals surface area contributed by atoms with Crippen LogP contribution in [0.5, 0.6) is 0 Å². The molecular formula is C30H44N4O2S2. The molecule has 8 heteroatoms. The Labute approximate surface area is 237 Å². The molecule has 0 amide bonds. The quantitative estimate of drug-likeness (QED) is 0.312. The number of hydrogen-bond acceptors (Lipinski definition) is 7. The summed E-state index contributed by atoms with van der Waals surface area (Å²) < 4.78 is 3.36. The van der Waals surface area contributed by atoms with Crippen molar-refractivity contribution in [2.24, 2.45) is 5.92 Å². The highest BCUT2D eigenvalue weighted by Crippen LogP contribution is 2.35. The number of nitrogens with one attached hydrogen (secondary N) is 1. The molecule has 2 aromatic heterocycles. The van der Waals surface area contributed by atoms with Crippen molar-refractivity contribution >= 4 is 40.2 Å². The van der Waals surface area contributed by atoms with Gasteiger partial charge in [-0.15, -0.1) is 11.3 Å². The van der Waals surface area contributed by atoms with Crippen LogP contribution in [0.3, 0.4) is 0 Å². The largest absolute Gasteiger partial charge is 0.481 e. The number of anilines is 2.